The Bertz CT molecular complexity index is 580. The Hall–Kier alpha value is -2.17. The molecule has 0 aliphatic rings. The van der Waals surface area contributed by atoms with Gasteiger partial charge in [-0.25, -0.2) is 9.37 Å². The highest BCUT2D eigenvalue weighted by Crippen LogP contribution is 2.24. The monoisotopic (exact) mass is 262 g/mol. The Balaban J connectivity index is 2.16. The van der Waals surface area contributed by atoms with Crippen LogP contribution in [0.2, 0.25) is 0 Å². The van der Waals surface area contributed by atoms with Crippen LogP contribution in [0, 0.1) is 5.82 Å². The van der Waals surface area contributed by atoms with Crippen LogP contribution in [0.4, 0.5) is 4.39 Å². The van der Waals surface area contributed by atoms with Gasteiger partial charge in [0.05, 0.1) is 5.92 Å². The van der Waals surface area contributed by atoms with E-state index in [1.54, 1.807) is 24.5 Å². The highest BCUT2D eigenvalue weighted by atomic mass is 19.1. The molecule has 0 bridgehead atoms. The molecule has 0 aliphatic carbocycles. The standard InChI is InChI=1S/C14H15FN2O2/c1-17-9-8-16-13(17)7-6-11(14(18)19)10-4-2-3-5-12(10)15/h2-5,8-9,11H,6-7H2,1H3,(H,18,19). The topological polar surface area (TPSA) is 55.1 Å². The second kappa shape index (κ2) is 5.65. The minimum Gasteiger partial charge on any atom is -0.481 e. The van der Waals surface area contributed by atoms with Crippen LogP contribution in [0.1, 0.15) is 23.7 Å². The fraction of sp³-hybridized carbons (Fsp3) is 0.286. The van der Waals surface area contributed by atoms with Crippen LogP contribution in [0.15, 0.2) is 36.7 Å². The first kappa shape index (κ1) is 13.3. The van der Waals surface area contributed by atoms with Crippen molar-refractivity contribution in [1.82, 2.24) is 9.55 Å². The van der Waals surface area contributed by atoms with Gasteiger partial charge in [-0.05, 0) is 12.5 Å². The van der Waals surface area contributed by atoms with Crippen molar-refractivity contribution in [3.8, 4) is 0 Å². The van der Waals surface area contributed by atoms with Gasteiger partial charge in [-0.3, -0.25) is 4.79 Å². The number of aromatic nitrogens is 2. The molecular formula is C14H15FN2O2. The molecule has 0 aliphatic heterocycles. The van der Waals surface area contributed by atoms with Crippen LogP contribution in [-0.2, 0) is 18.3 Å². The van der Waals surface area contributed by atoms with E-state index in [9.17, 15) is 14.3 Å². The summed E-state index contributed by atoms with van der Waals surface area (Å²) >= 11 is 0. The van der Waals surface area contributed by atoms with E-state index in [0.29, 0.717) is 12.8 Å². The summed E-state index contributed by atoms with van der Waals surface area (Å²) in [4.78, 5) is 15.4. The number of carboxylic acids is 1. The molecule has 2 aromatic rings. The van der Waals surface area contributed by atoms with E-state index < -0.39 is 17.7 Å². The molecule has 0 fully saturated rings. The molecule has 1 N–H and O–H groups in total. The minimum absolute atomic E-state index is 0.226. The van der Waals surface area contributed by atoms with E-state index in [4.69, 9.17) is 0 Å². The molecule has 0 radical (unpaired) electrons. The maximum Gasteiger partial charge on any atom is 0.311 e. The number of hydrogen-bond acceptors (Lipinski definition) is 2. The number of benzene rings is 1. The van der Waals surface area contributed by atoms with E-state index in [-0.39, 0.29) is 5.56 Å². The quantitative estimate of drug-likeness (QED) is 0.900. The third-order valence-corrected chi connectivity index (χ3v) is 3.16. The van der Waals surface area contributed by atoms with Gasteiger partial charge >= 0.3 is 5.97 Å². The maximum absolute atomic E-state index is 13.7. The summed E-state index contributed by atoms with van der Waals surface area (Å²) in [5.41, 5.74) is 0.226. The molecule has 0 spiro atoms. The number of carbonyl (C=O) groups is 1. The summed E-state index contributed by atoms with van der Waals surface area (Å²) in [6.45, 7) is 0. The number of nitrogens with zero attached hydrogens (tertiary/aromatic N) is 2. The predicted octanol–water partition coefficient (Wildman–Crippen LogP) is 2.36. The molecule has 5 heteroatoms. The van der Waals surface area contributed by atoms with E-state index in [0.717, 1.165) is 5.82 Å². The minimum atomic E-state index is -1.01. The summed E-state index contributed by atoms with van der Waals surface area (Å²) in [6.07, 6.45) is 4.28. The van der Waals surface area contributed by atoms with Gasteiger partial charge in [0.1, 0.15) is 11.6 Å². The van der Waals surface area contributed by atoms with Crippen molar-refractivity contribution in [1.29, 1.82) is 0 Å². The Kier molecular flexibility index (Phi) is 3.94. The number of hydrogen-bond donors (Lipinski definition) is 1. The van der Waals surface area contributed by atoms with Gasteiger partial charge in [0, 0.05) is 31.4 Å². The Morgan fingerprint density at radius 1 is 1.47 bits per heavy atom. The summed E-state index contributed by atoms with van der Waals surface area (Å²) in [7, 11) is 1.85. The number of carboxylic acid groups (broad SMARTS) is 1. The number of aryl methyl sites for hydroxylation is 2. The first-order chi connectivity index (χ1) is 9.09. The van der Waals surface area contributed by atoms with E-state index in [2.05, 4.69) is 4.98 Å². The molecular weight excluding hydrogens is 247 g/mol. The van der Waals surface area contributed by atoms with Crippen molar-refractivity contribution in [2.45, 2.75) is 18.8 Å². The van der Waals surface area contributed by atoms with Crippen molar-refractivity contribution in [3.63, 3.8) is 0 Å². The third-order valence-electron chi connectivity index (χ3n) is 3.16. The molecule has 1 unspecified atom stereocenters. The van der Waals surface area contributed by atoms with Gasteiger partial charge in [0.2, 0.25) is 0 Å². The van der Waals surface area contributed by atoms with Crippen LogP contribution < -0.4 is 0 Å². The normalized spacial score (nSPS) is 12.3. The molecule has 19 heavy (non-hydrogen) atoms. The van der Waals surface area contributed by atoms with E-state index in [1.807, 2.05) is 11.6 Å². The molecule has 4 nitrogen and oxygen atoms in total. The fourth-order valence-electron chi connectivity index (χ4n) is 2.08. The largest absolute Gasteiger partial charge is 0.481 e. The maximum atomic E-state index is 13.7. The van der Waals surface area contributed by atoms with Crippen molar-refractivity contribution in [2.75, 3.05) is 0 Å². The SMILES string of the molecule is Cn1ccnc1CCC(C(=O)O)c1ccccc1F. The van der Waals surface area contributed by atoms with E-state index >= 15 is 0 Å². The number of aliphatic carboxylic acids is 1. The average molecular weight is 262 g/mol. The van der Waals surface area contributed by atoms with Gasteiger partial charge in [0.15, 0.2) is 0 Å². The molecule has 0 saturated carbocycles. The molecule has 0 saturated heterocycles. The highest BCUT2D eigenvalue weighted by molar-refractivity contribution is 5.76. The van der Waals surface area contributed by atoms with Gasteiger partial charge < -0.3 is 9.67 Å². The lowest BCUT2D eigenvalue weighted by Crippen LogP contribution is -2.15. The summed E-state index contributed by atoms with van der Waals surface area (Å²) in [5.74, 6) is -1.55. The molecule has 100 valence electrons. The van der Waals surface area contributed by atoms with Crippen LogP contribution in [0.25, 0.3) is 0 Å². The van der Waals surface area contributed by atoms with Crippen molar-refractivity contribution >= 4 is 5.97 Å². The zero-order chi connectivity index (χ0) is 13.8. The fourth-order valence-corrected chi connectivity index (χ4v) is 2.08. The zero-order valence-electron chi connectivity index (χ0n) is 10.6. The molecule has 1 aromatic carbocycles. The lowest BCUT2D eigenvalue weighted by Gasteiger charge is -2.13. The Morgan fingerprint density at radius 3 is 2.79 bits per heavy atom. The summed E-state index contributed by atoms with van der Waals surface area (Å²) < 4.78 is 15.5. The second-order valence-electron chi connectivity index (χ2n) is 4.41. The number of imidazole rings is 1. The zero-order valence-corrected chi connectivity index (χ0v) is 10.6. The van der Waals surface area contributed by atoms with Crippen LogP contribution >= 0.6 is 0 Å². The smallest absolute Gasteiger partial charge is 0.311 e. The second-order valence-corrected chi connectivity index (χ2v) is 4.41. The molecule has 1 aromatic heterocycles. The lowest BCUT2D eigenvalue weighted by molar-refractivity contribution is -0.139. The molecule has 1 atom stereocenters. The van der Waals surface area contributed by atoms with Crippen molar-refractivity contribution < 1.29 is 14.3 Å². The van der Waals surface area contributed by atoms with Crippen molar-refractivity contribution in [3.05, 3.63) is 53.9 Å². The first-order valence-electron chi connectivity index (χ1n) is 6.03. The predicted molar refractivity (Wildman–Crippen MR) is 68.3 cm³/mol. The van der Waals surface area contributed by atoms with Gasteiger partial charge in [-0.2, -0.15) is 0 Å². The van der Waals surface area contributed by atoms with Crippen LogP contribution in [-0.4, -0.2) is 20.6 Å². The van der Waals surface area contributed by atoms with Gasteiger partial charge in [-0.15, -0.1) is 0 Å². The van der Waals surface area contributed by atoms with Crippen molar-refractivity contribution in [2.24, 2.45) is 7.05 Å². The molecule has 2 rings (SSSR count). The Labute approximate surface area is 110 Å². The van der Waals surface area contributed by atoms with Gasteiger partial charge in [-0.1, -0.05) is 18.2 Å². The molecule has 1 heterocycles. The third kappa shape index (κ3) is 2.99. The average Bonchev–Trinajstić information content (AvgIpc) is 2.77. The summed E-state index contributed by atoms with van der Waals surface area (Å²) in [6, 6.07) is 6.00. The van der Waals surface area contributed by atoms with Gasteiger partial charge in [0.25, 0.3) is 0 Å². The highest BCUT2D eigenvalue weighted by Gasteiger charge is 2.23. The van der Waals surface area contributed by atoms with E-state index in [1.165, 1.54) is 12.1 Å². The summed E-state index contributed by atoms with van der Waals surface area (Å²) in [5, 5.41) is 9.26. The number of rotatable bonds is 5. The Morgan fingerprint density at radius 2 is 2.21 bits per heavy atom. The lowest BCUT2D eigenvalue weighted by atomic mass is 9.94. The van der Waals surface area contributed by atoms with Crippen LogP contribution in [0.3, 0.4) is 0 Å². The number of halogens is 1. The first-order valence-corrected chi connectivity index (χ1v) is 6.03. The van der Waals surface area contributed by atoms with Crippen LogP contribution in [0.5, 0.6) is 0 Å². The molecule has 0 amide bonds.